The molecule has 0 aliphatic rings. The monoisotopic (exact) mass is 102 g/mol. The summed E-state index contributed by atoms with van der Waals surface area (Å²) in [4.78, 5) is 0. The molecule has 0 unspecified atom stereocenters. The SMILES string of the molecule is C/C=C\C(F)=C/O. The summed E-state index contributed by atoms with van der Waals surface area (Å²) < 4.78 is 11.7. The topological polar surface area (TPSA) is 20.2 Å². The maximum Gasteiger partial charge on any atom is 0.156 e. The molecule has 0 aromatic carbocycles. The molecule has 0 aromatic rings. The van der Waals surface area contributed by atoms with Crippen LogP contribution >= 0.6 is 0 Å². The highest BCUT2D eigenvalue weighted by Gasteiger charge is 1.78. The number of aliphatic hydroxyl groups excluding tert-OH is 1. The molecular formula is C5H7FO. The number of allylic oxidation sites excluding steroid dienone is 3. The lowest BCUT2D eigenvalue weighted by Gasteiger charge is -1.75. The van der Waals surface area contributed by atoms with Crippen molar-refractivity contribution in [3.05, 3.63) is 24.2 Å². The van der Waals surface area contributed by atoms with Gasteiger partial charge in [-0.2, -0.15) is 0 Å². The fourth-order valence-corrected chi connectivity index (χ4v) is 0.202. The second-order valence-electron chi connectivity index (χ2n) is 1.01. The minimum atomic E-state index is -0.623. The lowest BCUT2D eigenvalue weighted by molar-refractivity contribution is 0.447. The van der Waals surface area contributed by atoms with E-state index in [-0.39, 0.29) is 0 Å². The first-order valence-electron chi connectivity index (χ1n) is 1.94. The van der Waals surface area contributed by atoms with E-state index in [9.17, 15) is 4.39 Å². The molecule has 0 aliphatic carbocycles. The van der Waals surface area contributed by atoms with Crippen LogP contribution in [-0.2, 0) is 0 Å². The molecule has 40 valence electrons. The van der Waals surface area contributed by atoms with Gasteiger partial charge in [-0.05, 0) is 13.0 Å². The fraction of sp³-hybridized carbons (Fsp3) is 0.200. The highest BCUT2D eigenvalue weighted by molar-refractivity contribution is 5.06. The van der Waals surface area contributed by atoms with Gasteiger partial charge in [0.15, 0.2) is 5.83 Å². The van der Waals surface area contributed by atoms with Crippen molar-refractivity contribution in [3.8, 4) is 0 Å². The Morgan fingerprint density at radius 3 is 2.43 bits per heavy atom. The first-order valence-corrected chi connectivity index (χ1v) is 1.94. The van der Waals surface area contributed by atoms with Crippen LogP contribution < -0.4 is 0 Å². The highest BCUT2D eigenvalue weighted by atomic mass is 19.1. The van der Waals surface area contributed by atoms with Crippen LogP contribution in [0.3, 0.4) is 0 Å². The Morgan fingerprint density at radius 1 is 1.71 bits per heavy atom. The second-order valence-corrected chi connectivity index (χ2v) is 1.01. The summed E-state index contributed by atoms with van der Waals surface area (Å²) >= 11 is 0. The van der Waals surface area contributed by atoms with Gasteiger partial charge in [0.1, 0.15) is 6.26 Å². The molecule has 0 amide bonds. The van der Waals surface area contributed by atoms with Crippen LogP contribution in [0.5, 0.6) is 0 Å². The third-order valence-electron chi connectivity index (χ3n) is 0.449. The van der Waals surface area contributed by atoms with Crippen molar-refractivity contribution >= 4 is 0 Å². The predicted octanol–water partition coefficient (Wildman–Crippen LogP) is 1.93. The average molecular weight is 102 g/mol. The van der Waals surface area contributed by atoms with Gasteiger partial charge in [-0.15, -0.1) is 0 Å². The third-order valence-corrected chi connectivity index (χ3v) is 0.449. The van der Waals surface area contributed by atoms with Crippen LogP contribution in [0.2, 0.25) is 0 Å². The van der Waals surface area contributed by atoms with Crippen molar-refractivity contribution in [2.24, 2.45) is 0 Å². The van der Waals surface area contributed by atoms with Crippen LogP contribution in [-0.4, -0.2) is 5.11 Å². The number of rotatable bonds is 1. The standard InChI is InChI=1S/C5H7FO/c1-2-3-5(6)4-7/h2-4,7H,1H3/b3-2-,5-4+. The zero-order chi connectivity index (χ0) is 5.70. The van der Waals surface area contributed by atoms with Crippen molar-refractivity contribution < 1.29 is 9.50 Å². The van der Waals surface area contributed by atoms with Gasteiger partial charge in [0.25, 0.3) is 0 Å². The van der Waals surface area contributed by atoms with Gasteiger partial charge in [0, 0.05) is 0 Å². The Morgan fingerprint density at radius 2 is 2.29 bits per heavy atom. The first-order chi connectivity index (χ1) is 3.31. The minimum Gasteiger partial charge on any atom is -0.513 e. The molecule has 0 rings (SSSR count). The molecule has 0 bridgehead atoms. The van der Waals surface area contributed by atoms with Gasteiger partial charge in [0.05, 0.1) is 0 Å². The summed E-state index contributed by atoms with van der Waals surface area (Å²) in [5.74, 6) is -0.623. The molecule has 0 aliphatic heterocycles. The predicted molar refractivity (Wildman–Crippen MR) is 26.6 cm³/mol. The van der Waals surface area contributed by atoms with Gasteiger partial charge in [-0.3, -0.25) is 0 Å². The van der Waals surface area contributed by atoms with E-state index in [1.54, 1.807) is 6.92 Å². The smallest absolute Gasteiger partial charge is 0.156 e. The molecule has 1 nitrogen and oxygen atoms in total. The molecule has 0 radical (unpaired) electrons. The Labute approximate surface area is 41.8 Å². The van der Waals surface area contributed by atoms with E-state index in [0.29, 0.717) is 6.26 Å². The largest absolute Gasteiger partial charge is 0.513 e. The van der Waals surface area contributed by atoms with Gasteiger partial charge >= 0.3 is 0 Å². The van der Waals surface area contributed by atoms with Crippen molar-refractivity contribution in [1.29, 1.82) is 0 Å². The Bertz CT molecular complexity index is 94.3. The minimum absolute atomic E-state index is 0.417. The summed E-state index contributed by atoms with van der Waals surface area (Å²) in [5, 5.41) is 7.88. The molecule has 2 heteroatoms. The number of aliphatic hydroxyl groups is 1. The number of hydrogen-bond donors (Lipinski definition) is 1. The molecule has 0 spiro atoms. The highest BCUT2D eigenvalue weighted by Crippen LogP contribution is 1.93. The first kappa shape index (κ1) is 6.21. The van der Waals surface area contributed by atoms with Crippen LogP contribution in [0.1, 0.15) is 6.92 Å². The van der Waals surface area contributed by atoms with Gasteiger partial charge in [0.2, 0.25) is 0 Å². The quantitative estimate of drug-likeness (QED) is 0.396. The normalized spacial score (nSPS) is 13.1. The Kier molecular flexibility index (Phi) is 3.02. The number of halogens is 1. The van der Waals surface area contributed by atoms with E-state index >= 15 is 0 Å². The third kappa shape index (κ3) is 3.03. The second kappa shape index (κ2) is 3.40. The van der Waals surface area contributed by atoms with E-state index in [1.165, 1.54) is 12.2 Å². The summed E-state index contributed by atoms with van der Waals surface area (Å²) in [6.07, 6.45) is 3.09. The van der Waals surface area contributed by atoms with Crippen molar-refractivity contribution in [2.75, 3.05) is 0 Å². The summed E-state index contributed by atoms with van der Waals surface area (Å²) in [7, 11) is 0. The van der Waals surface area contributed by atoms with Gasteiger partial charge in [-0.25, -0.2) is 4.39 Å². The molecular weight excluding hydrogens is 95.1 g/mol. The average Bonchev–Trinajstić information content (AvgIpc) is 1.68. The van der Waals surface area contributed by atoms with E-state index in [1.807, 2.05) is 0 Å². The molecule has 0 heterocycles. The lowest BCUT2D eigenvalue weighted by Crippen LogP contribution is -1.60. The van der Waals surface area contributed by atoms with Gasteiger partial charge in [-0.1, -0.05) is 6.08 Å². The van der Waals surface area contributed by atoms with Crippen LogP contribution in [0.25, 0.3) is 0 Å². The molecule has 0 atom stereocenters. The maximum absolute atomic E-state index is 11.7. The van der Waals surface area contributed by atoms with E-state index in [2.05, 4.69) is 0 Å². The van der Waals surface area contributed by atoms with Crippen LogP contribution in [0, 0.1) is 0 Å². The van der Waals surface area contributed by atoms with E-state index in [4.69, 9.17) is 5.11 Å². The van der Waals surface area contributed by atoms with Crippen molar-refractivity contribution in [2.45, 2.75) is 6.92 Å². The summed E-state index contributed by atoms with van der Waals surface area (Å²) in [6, 6.07) is 0. The fourth-order valence-electron chi connectivity index (χ4n) is 0.202. The van der Waals surface area contributed by atoms with Crippen LogP contribution in [0.4, 0.5) is 4.39 Å². The molecule has 0 fully saturated rings. The van der Waals surface area contributed by atoms with E-state index < -0.39 is 5.83 Å². The Balaban J connectivity index is 3.58. The summed E-state index contributed by atoms with van der Waals surface area (Å²) in [6.45, 7) is 1.67. The zero-order valence-corrected chi connectivity index (χ0v) is 4.06. The molecule has 0 saturated heterocycles. The molecule has 7 heavy (non-hydrogen) atoms. The molecule has 0 saturated carbocycles. The van der Waals surface area contributed by atoms with Crippen molar-refractivity contribution in [3.63, 3.8) is 0 Å². The van der Waals surface area contributed by atoms with Crippen LogP contribution in [0.15, 0.2) is 24.2 Å². The van der Waals surface area contributed by atoms with Crippen molar-refractivity contribution in [1.82, 2.24) is 0 Å². The molecule has 1 N–H and O–H groups in total. The Hall–Kier alpha value is -0.790. The summed E-state index contributed by atoms with van der Waals surface area (Å²) in [5.41, 5.74) is 0. The lowest BCUT2D eigenvalue weighted by atomic mass is 10.5. The number of hydrogen-bond acceptors (Lipinski definition) is 1. The molecule has 0 aromatic heterocycles. The van der Waals surface area contributed by atoms with E-state index in [0.717, 1.165) is 0 Å². The zero-order valence-electron chi connectivity index (χ0n) is 4.06. The maximum atomic E-state index is 11.7. The van der Waals surface area contributed by atoms with Gasteiger partial charge < -0.3 is 5.11 Å².